The summed E-state index contributed by atoms with van der Waals surface area (Å²) in [5.74, 6) is -1.17. The van der Waals surface area contributed by atoms with Crippen molar-refractivity contribution in [2.75, 3.05) is 7.11 Å². The first-order valence-electron chi connectivity index (χ1n) is 6.06. The monoisotopic (exact) mass is 311 g/mol. The quantitative estimate of drug-likeness (QED) is 0.803. The lowest BCUT2D eigenvalue weighted by atomic mass is 10.1. The van der Waals surface area contributed by atoms with Crippen LogP contribution in [-0.2, 0) is 18.0 Å². The second-order valence-electron chi connectivity index (χ2n) is 4.31. The van der Waals surface area contributed by atoms with Crippen LogP contribution in [0.5, 0.6) is 0 Å². The van der Waals surface area contributed by atoms with E-state index in [0.717, 1.165) is 18.2 Å². The molecule has 0 saturated heterocycles. The van der Waals surface area contributed by atoms with E-state index in [9.17, 15) is 13.9 Å². The first-order valence-corrected chi connectivity index (χ1v) is 6.88. The molecule has 0 aliphatic rings. The minimum Gasteiger partial charge on any atom is -0.390 e. The van der Waals surface area contributed by atoms with E-state index in [1.54, 1.807) is 7.11 Å². The van der Waals surface area contributed by atoms with E-state index in [-0.39, 0.29) is 17.9 Å². The number of benzene rings is 1. The molecule has 0 fully saturated rings. The van der Waals surface area contributed by atoms with Crippen LogP contribution in [-0.4, -0.2) is 26.8 Å². The molecule has 8 heteroatoms. The van der Waals surface area contributed by atoms with Crippen LogP contribution in [0.2, 0.25) is 0 Å². The number of halogens is 2. The molecule has 0 bridgehead atoms. The highest BCUT2D eigenvalue weighted by atomic mass is 32.1. The fourth-order valence-electron chi connectivity index (χ4n) is 2.05. The molecular formula is C13H11F2N3O2S. The third-order valence-electron chi connectivity index (χ3n) is 2.94. The Morgan fingerprint density at radius 3 is 2.90 bits per heavy atom. The molecule has 1 N–H and O–H groups in total. The SMILES string of the molecule is COCc1nn2c(CO)c(-c3cc(F)ccc3F)nc2s1. The van der Waals surface area contributed by atoms with Crippen molar-refractivity contribution < 1.29 is 18.6 Å². The summed E-state index contributed by atoms with van der Waals surface area (Å²) >= 11 is 1.27. The number of methoxy groups -OCH3 is 1. The number of aliphatic hydroxyl groups is 1. The van der Waals surface area contributed by atoms with Crippen LogP contribution >= 0.6 is 11.3 Å². The lowest BCUT2D eigenvalue weighted by molar-refractivity contribution is 0.183. The topological polar surface area (TPSA) is 59.7 Å². The molecule has 0 atom stereocenters. The van der Waals surface area contributed by atoms with Crippen LogP contribution in [0.25, 0.3) is 16.2 Å². The summed E-state index contributed by atoms with van der Waals surface area (Å²) in [4.78, 5) is 4.75. The fraction of sp³-hybridized carbons (Fsp3) is 0.231. The van der Waals surface area contributed by atoms with Crippen LogP contribution in [0, 0.1) is 11.6 Å². The zero-order valence-corrected chi connectivity index (χ0v) is 11.8. The van der Waals surface area contributed by atoms with Crippen molar-refractivity contribution in [2.24, 2.45) is 0 Å². The van der Waals surface area contributed by atoms with E-state index >= 15 is 0 Å². The van der Waals surface area contributed by atoms with Gasteiger partial charge in [0.25, 0.3) is 0 Å². The summed E-state index contributed by atoms with van der Waals surface area (Å²) < 4.78 is 33.6. The maximum absolute atomic E-state index is 13.9. The molecule has 2 aromatic heterocycles. The van der Waals surface area contributed by atoms with Gasteiger partial charge in [0, 0.05) is 12.7 Å². The molecule has 2 heterocycles. The van der Waals surface area contributed by atoms with Crippen molar-refractivity contribution in [2.45, 2.75) is 13.2 Å². The third kappa shape index (κ3) is 2.41. The van der Waals surface area contributed by atoms with Crippen LogP contribution < -0.4 is 0 Å². The number of imidazole rings is 1. The van der Waals surface area contributed by atoms with Crippen molar-refractivity contribution in [3.05, 3.63) is 40.5 Å². The highest BCUT2D eigenvalue weighted by molar-refractivity contribution is 7.16. The third-order valence-corrected chi connectivity index (χ3v) is 3.82. The van der Waals surface area contributed by atoms with Crippen LogP contribution in [0.1, 0.15) is 10.7 Å². The molecule has 0 unspecified atom stereocenters. The molecule has 0 aliphatic heterocycles. The van der Waals surface area contributed by atoms with Gasteiger partial charge in [0.05, 0.1) is 18.9 Å². The van der Waals surface area contributed by atoms with E-state index in [2.05, 4.69) is 10.1 Å². The summed E-state index contributed by atoms with van der Waals surface area (Å²) in [5.41, 5.74) is 0.510. The first kappa shape index (κ1) is 14.1. The molecule has 21 heavy (non-hydrogen) atoms. The van der Waals surface area contributed by atoms with Gasteiger partial charge in [-0.3, -0.25) is 0 Å². The second kappa shape index (κ2) is 5.47. The molecule has 0 saturated carbocycles. The van der Waals surface area contributed by atoms with Crippen molar-refractivity contribution in [3.8, 4) is 11.3 Å². The molecule has 1 aromatic carbocycles. The van der Waals surface area contributed by atoms with Gasteiger partial charge in [-0.2, -0.15) is 5.10 Å². The highest BCUT2D eigenvalue weighted by Crippen LogP contribution is 2.29. The molecule has 0 amide bonds. The number of ether oxygens (including phenoxy) is 1. The van der Waals surface area contributed by atoms with Gasteiger partial charge in [-0.15, -0.1) is 0 Å². The normalized spacial score (nSPS) is 11.4. The fourth-order valence-corrected chi connectivity index (χ4v) is 2.93. The van der Waals surface area contributed by atoms with Crippen molar-refractivity contribution in [1.82, 2.24) is 14.6 Å². The van der Waals surface area contributed by atoms with E-state index in [4.69, 9.17) is 4.74 Å². The summed E-state index contributed by atoms with van der Waals surface area (Å²) in [7, 11) is 1.55. The highest BCUT2D eigenvalue weighted by Gasteiger charge is 2.20. The first-order chi connectivity index (χ1) is 10.1. The van der Waals surface area contributed by atoms with Crippen LogP contribution in [0.15, 0.2) is 18.2 Å². The van der Waals surface area contributed by atoms with Crippen molar-refractivity contribution in [1.29, 1.82) is 0 Å². The van der Waals surface area contributed by atoms with Crippen molar-refractivity contribution in [3.63, 3.8) is 0 Å². The molecule has 0 aliphatic carbocycles. The number of aliphatic hydroxyl groups excluding tert-OH is 1. The average molecular weight is 311 g/mol. The Morgan fingerprint density at radius 1 is 1.38 bits per heavy atom. The van der Waals surface area contributed by atoms with Gasteiger partial charge in [-0.05, 0) is 18.2 Å². The molecule has 0 spiro atoms. The minimum absolute atomic E-state index is 0.00467. The Labute approximate surface area is 122 Å². The van der Waals surface area contributed by atoms with Gasteiger partial charge in [0.15, 0.2) is 0 Å². The maximum Gasteiger partial charge on any atom is 0.213 e. The Kier molecular flexibility index (Phi) is 3.66. The second-order valence-corrected chi connectivity index (χ2v) is 5.35. The predicted octanol–water partition coefficient (Wildman–Crippen LogP) is 2.37. The number of aromatic nitrogens is 3. The summed E-state index contributed by atoms with van der Waals surface area (Å²) in [6.45, 7) is -0.0643. The summed E-state index contributed by atoms with van der Waals surface area (Å²) in [6.07, 6.45) is 0. The Balaban J connectivity index is 2.18. The summed E-state index contributed by atoms with van der Waals surface area (Å²) in [5, 5.41) is 14.4. The smallest absolute Gasteiger partial charge is 0.213 e. The van der Waals surface area contributed by atoms with E-state index < -0.39 is 11.6 Å². The molecule has 3 rings (SSSR count). The van der Waals surface area contributed by atoms with Gasteiger partial charge in [0.1, 0.15) is 22.3 Å². The van der Waals surface area contributed by atoms with Gasteiger partial charge >= 0.3 is 0 Å². The van der Waals surface area contributed by atoms with E-state index in [0.29, 0.717) is 22.3 Å². The largest absolute Gasteiger partial charge is 0.390 e. The number of hydrogen-bond acceptors (Lipinski definition) is 5. The Morgan fingerprint density at radius 2 is 2.19 bits per heavy atom. The standard InChI is InChI=1S/C13H11F2N3O2S/c1-20-6-11-17-18-10(5-19)12(16-13(18)21-11)8-4-7(14)2-3-9(8)15/h2-4,19H,5-6H2,1H3. The van der Waals surface area contributed by atoms with Gasteiger partial charge in [0.2, 0.25) is 4.96 Å². The number of nitrogens with zero attached hydrogens (tertiary/aromatic N) is 3. The average Bonchev–Trinajstić information content (AvgIpc) is 2.98. The maximum atomic E-state index is 13.9. The lowest BCUT2D eigenvalue weighted by Gasteiger charge is -2.02. The summed E-state index contributed by atoms with van der Waals surface area (Å²) in [6, 6.07) is 3.12. The zero-order chi connectivity index (χ0) is 15.0. The zero-order valence-electron chi connectivity index (χ0n) is 11.0. The van der Waals surface area contributed by atoms with Crippen LogP contribution in [0.4, 0.5) is 8.78 Å². The van der Waals surface area contributed by atoms with Gasteiger partial charge in [-0.25, -0.2) is 18.3 Å². The molecule has 3 aromatic rings. The molecule has 0 radical (unpaired) electrons. The molecule has 5 nitrogen and oxygen atoms in total. The number of hydrogen-bond donors (Lipinski definition) is 1. The Bertz CT molecular complexity index is 800. The predicted molar refractivity (Wildman–Crippen MR) is 72.9 cm³/mol. The molecular weight excluding hydrogens is 300 g/mol. The Hall–Kier alpha value is -1.90. The number of fused-ring (bicyclic) bond motifs is 1. The van der Waals surface area contributed by atoms with Crippen LogP contribution in [0.3, 0.4) is 0 Å². The molecule has 110 valence electrons. The lowest BCUT2D eigenvalue weighted by Crippen LogP contribution is -1.98. The van der Waals surface area contributed by atoms with E-state index in [1.165, 1.54) is 15.9 Å². The van der Waals surface area contributed by atoms with E-state index in [1.807, 2.05) is 0 Å². The van der Waals surface area contributed by atoms with Crippen molar-refractivity contribution >= 4 is 16.3 Å². The van der Waals surface area contributed by atoms with Gasteiger partial charge in [-0.1, -0.05) is 11.3 Å². The number of rotatable bonds is 4. The van der Waals surface area contributed by atoms with Gasteiger partial charge < -0.3 is 9.84 Å². The minimum atomic E-state index is -0.603.